The Morgan fingerprint density at radius 2 is 1.19 bits per heavy atom. The van der Waals surface area contributed by atoms with Gasteiger partial charge in [0.2, 0.25) is 0 Å². The van der Waals surface area contributed by atoms with Gasteiger partial charge < -0.3 is 20.1 Å². The van der Waals surface area contributed by atoms with Gasteiger partial charge in [0.25, 0.3) is 5.69 Å². The summed E-state index contributed by atoms with van der Waals surface area (Å²) in [5, 5.41) is 21.6. The molecule has 0 aliphatic carbocycles. The van der Waals surface area contributed by atoms with Gasteiger partial charge in [0.05, 0.1) is 4.92 Å². The molecule has 15 heteroatoms. The van der Waals surface area contributed by atoms with E-state index in [1.807, 2.05) is 0 Å². The van der Waals surface area contributed by atoms with Gasteiger partial charge >= 0.3 is 18.2 Å². The second kappa shape index (κ2) is 14.3. The van der Waals surface area contributed by atoms with E-state index in [0.717, 1.165) is 0 Å². The van der Waals surface area contributed by atoms with Crippen molar-refractivity contribution >= 4 is 41.0 Å². The molecule has 0 aliphatic rings. The van der Waals surface area contributed by atoms with Gasteiger partial charge in [0.15, 0.2) is 6.10 Å². The number of carbonyl (C=O) groups excluding carboxylic acids is 3. The Labute approximate surface area is 238 Å². The van der Waals surface area contributed by atoms with Crippen LogP contribution in [0.3, 0.4) is 0 Å². The molecule has 2 atom stereocenters. The van der Waals surface area contributed by atoms with E-state index in [1.165, 1.54) is 73.6 Å². The summed E-state index contributed by atoms with van der Waals surface area (Å²) in [5.41, 5.74) is 1.28. The number of ether oxygens (including phenoxy) is 2. The number of amides is 4. The molecule has 214 valence electrons. The number of urea groups is 1. The van der Waals surface area contributed by atoms with Gasteiger partial charge in [0.1, 0.15) is 12.6 Å². The standard InChI is InChI=1S/C27H24N8O7/c36-25(31-19-5-11-28-12-6-19)34-23(17-41-26(37)32-20-7-13-29-14-8-20)24(18-1-3-22(4-2-18)35(39)40)42-27(38)33-21-9-15-30-16-10-21/h1-16,23-24H,17H2,(H,29,32,37)(H,30,33,38)(H2,28,31,34,36)/t23-,24-/m1/s1. The molecule has 0 radical (unpaired) electrons. The van der Waals surface area contributed by atoms with Crippen molar-refractivity contribution in [2.45, 2.75) is 12.1 Å². The predicted molar refractivity (Wildman–Crippen MR) is 150 cm³/mol. The quantitative estimate of drug-likeness (QED) is 0.155. The smallest absolute Gasteiger partial charge is 0.412 e. The maximum Gasteiger partial charge on any atom is 0.412 e. The van der Waals surface area contributed by atoms with Gasteiger partial charge in [-0.15, -0.1) is 0 Å². The molecule has 4 N–H and O–H groups in total. The number of nitro groups is 1. The third kappa shape index (κ3) is 8.70. The van der Waals surface area contributed by atoms with Gasteiger partial charge in [-0.05, 0) is 54.1 Å². The fourth-order valence-electron chi connectivity index (χ4n) is 3.60. The van der Waals surface area contributed by atoms with Crippen molar-refractivity contribution in [2.24, 2.45) is 0 Å². The van der Waals surface area contributed by atoms with E-state index < -0.39 is 41.9 Å². The Kier molecular flexibility index (Phi) is 9.84. The van der Waals surface area contributed by atoms with Gasteiger partial charge in [-0.2, -0.15) is 0 Å². The number of hydrogen-bond donors (Lipinski definition) is 4. The summed E-state index contributed by atoms with van der Waals surface area (Å²) >= 11 is 0. The Balaban J connectivity index is 1.59. The molecule has 15 nitrogen and oxygen atoms in total. The van der Waals surface area contributed by atoms with E-state index in [9.17, 15) is 24.5 Å². The molecule has 3 heterocycles. The molecule has 1 aromatic carbocycles. The van der Waals surface area contributed by atoms with Gasteiger partial charge in [-0.25, -0.2) is 14.4 Å². The molecule has 3 aromatic heterocycles. The van der Waals surface area contributed by atoms with E-state index in [2.05, 4.69) is 36.2 Å². The fraction of sp³-hybridized carbons (Fsp3) is 0.111. The highest BCUT2D eigenvalue weighted by Gasteiger charge is 2.31. The van der Waals surface area contributed by atoms with Crippen LogP contribution in [-0.2, 0) is 9.47 Å². The zero-order chi connectivity index (χ0) is 29.7. The number of nitro benzene ring substituents is 1. The molecule has 42 heavy (non-hydrogen) atoms. The number of anilines is 3. The Bertz CT molecular complexity index is 1490. The Hall–Kier alpha value is -6.12. The number of aromatic nitrogens is 3. The van der Waals surface area contributed by atoms with Crippen LogP contribution in [0.1, 0.15) is 11.7 Å². The molecule has 4 amide bonds. The highest BCUT2D eigenvalue weighted by atomic mass is 16.6. The van der Waals surface area contributed by atoms with Gasteiger partial charge in [0, 0.05) is 66.4 Å². The lowest BCUT2D eigenvalue weighted by molar-refractivity contribution is -0.384. The first-order chi connectivity index (χ1) is 20.4. The molecular formula is C27H24N8O7. The molecule has 0 fully saturated rings. The van der Waals surface area contributed by atoms with E-state index >= 15 is 0 Å². The van der Waals surface area contributed by atoms with E-state index in [-0.39, 0.29) is 11.3 Å². The number of non-ortho nitro benzene ring substituents is 1. The molecule has 4 rings (SSSR count). The van der Waals surface area contributed by atoms with Crippen LogP contribution >= 0.6 is 0 Å². The van der Waals surface area contributed by atoms with Crippen LogP contribution in [0.4, 0.5) is 37.1 Å². The van der Waals surface area contributed by atoms with Crippen molar-refractivity contribution in [1.82, 2.24) is 20.3 Å². The van der Waals surface area contributed by atoms with Crippen molar-refractivity contribution in [2.75, 3.05) is 22.6 Å². The predicted octanol–water partition coefficient (Wildman–Crippen LogP) is 4.51. The number of pyridine rings is 3. The molecule has 0 aliphatic heterocycles. The van der Waals surface area contributed by atoms with Crippen LogP contribution in [0, 0.1) is 10.1 Å². The number of rotatable bonds is 10. The summed E-state index contributed by atoms with van der Waals surface area (Å²) in [7, 11) is 0. The lowest BCUT2D eigenvalue weighted by Crippen LogP contribution is -2.46. The molecule has 0 bridgehead atoms. The SMILES string of the molecule is O=C(Nc1ccncc1)N[C@H](COC(=O)Nc1ccncc1)[C@H](OC(=O)Nc1ccncc1)c1ccc([N+](=O)[O-])cc1. The second-order valence-corrected chi connectivity index (χ2v) is 8.44. The van der Waals surface area contributed by atoms with Gasteiger partial charge in [-0.1, -0.05) is 0 Å². The van der Waals surface area contributed by atoms with Crippen molar-refractivity contribution in [3.63, 3.8) is 0 Å². The summed E-state index contributed by atoms with van der Waals surface area (Å²) in [6, 6.07) is 12.6. The van der Waals surface area contributed by atoms with Crippen LogP contribution in [0.5, 0.6) is 0 Å². The zero-order valence-electron chi connectivity index (χ0n) is 21.7. The molecular weight excluding hydrogens is 548 g/mol. The van der Waals surface area contributed by atoms with Crippen LogP contribution in [-0.4, -0.2) is 50.7 Å². The largest absolute Gasteiger partial charge is 0.447 e. The second-order valence-electron chi connectivity index (χ2n) is 8.44. The molecule has 4 aromatic rings. The summed E-state index contributed by atoms with van der Waals surface area (Å²) < 4.78 is 11.1. The van der Waals surface area contributed by atoms with Crippen molar-refractivity contribution in [3.8, 4) is 0 Å². The monoisotopic (exact) mass is 572 g/mol. The Morgan fingerprint density at radius 1 is 0.714 bits per heavy atom. The average molecular weight is 573 g/mol. The minimum Gasteiger partial charge on any atom is -0.447 e. The maximum absolute atomic E-state index is 13.0. The number of carbonyl (C=O) groups is 3. The third-order valence-corrected chi connectivity index (χ3v) is 5.53. The van der Waals surface area contributed by atoms with Crippen LogP contribution in [0.15, 0.2) is 97.8 Å². The first kappa shape index (κ1) is 28.9. The molecule has 0 saturated heterocycles. The van der Waals surface area contributed by atoms with Crippen LogP contribution in [0.2, 0.25) is 0 Å². The first-order valence-corrected chi connectivity index (χ1v) is 12.3. The molecule has 0 spiro atoms. The zero-order valence-corrected chi connectivity index (χ0v) is 21.7. The number of nitrogens with zero attached hydrogens (tertiary/aromatic N) is 4. The number of hydrogen-bond acceptors (Lipinski definition) is 10. The Morgan fingerprint density at radius 3 is 1.69 bits per heavy atom. The minimum absolute atomic E-state index is 0.202. The minimum atomic E-state index is -1.27. The van der Waals surface area contributed by atoms with Crippen molar-refractivity contribution < 1.29 is 28.8 Å². The average Bonchev–Trinajstić information content (AvgIpc) is 3.00. The highest BCUT2D eigenvalue weighted by molar-refractivity contribution is 5.89. The molecule has 0 saturated carbocycles. The maximum atomic E-state index is 13.0. The van der Waals surface area contributed by atoms with Crippen molar-refractivity contribution in [3.05, 3.63) is 114 Å². The van der Waals surface area contributed by atoms with E-state index in [1.54, 1.807) is 24.3 Å². The van der Waals surface area contributed by atoms with Gasteiger partial charge in [-0.3, -0.25) is 35.7 Å². The number of nitrogens with one attached hydrogen (secondary N) is 4. The normalized spacial score (nSPS) is 11.7. The summed E-state index contributed by atoms with van der Waals surface area (Å²) in [6.45, 7) is -0.467. The lowest BCUT2D eigenvalue weighted by Gasteiger charge is -2.28. The lowest BCUT2D eigenvalue weighted by atomic mass is 10.0. The summed E-state index contributed by atoms with van der Waals surface area (Å²) in [4.78, 5) is 60.7. The number of benzene rings is 1. The van der Waals surface area contributed by atoms with E-state index in [0.29, 0.717) is 17.1 Å². The van der Waals surface area contributed by atoms with Crippen LogP contribution in [0.25, 0.3) is 0 Å². The fourth-order valence-corrected chi connectivity index (χ4v) is 3.60. The van der Waals surface area contributed by atoms with Crippen molar-refractivity contribution in [1.29, 1.82) is 0 Å². The van der Waals surface area contributed by atoms with E-state index in [4.69, 9.17) is 9.47 Å². The molecule has 0 unspecified atom stereocenters. The topological polar surface area (TPSA) is 200 Å². The highest BCUT2D eigenvalue weighted by Crippen LogP contribution is 2.26. The summed E-state index contributed by atoms with van der Waals surface area (Å²) in [6.07, 6.45) is 5.80. The van der Waals surface area contributed by atoms with Crippen LogP contribution < -0.4 is 21.3 Å². The first-order valence-electron chi connectivity index (χ1n) is 12.3. The third-order valence-electron chi connectivity index (χ3n) is 5.53. The summed E-state index contributed by atoms with van der Waals surface area (Å²) in [5.74, 6) is 0.